The van der Waals surface area contributed by atoms with Crippen molar-refractivity contribution in [2.24, 2.45) is 5.73 Å². The van der Waals surface area contributed by atoms with Gasteiger partial charge < -0.3 is 11.1 Å². The maximum Gasteiger partial charge on any atom is 0.187 e. The highest BCUT2D eigenvalue weighted by atomic mass is 79.9. The van der Waals surface area contributed by atoms with Gasteiger partial charge in [-0.05, 0) is 34.6 Å². The summed E-state index contributed by atoms with van der Waals surface area (Å²) in [7, 11) is 0. The monoisotopic (exact) mass is 297 g/mol. The highest BCUT2D eigenvalue weighted by Gasteiger charge is 2.03. The zero-order valence-corrected chi connectivity index (χ0v) is 11.0. The van der Waals surface area contributed by atoms with Crippen LogP contribution in [-0.2, 0) is 6.42 Å². The summed E-state index contributed by atoms with van der Waals surface area (Å²) in [5.74, 6) is 0. The zero-order chi connectivity index (χ0) is 11.4. The predicted octanol–water partition coefficient (Wildman–Crippen LogP) is 3.15. The molecule has 84 valence electrons. The van der Waals surface area contributed by atoms with E-state index in [0.29, 0.717) is 6.54 Å². The van der Waals surface area contributed by atoms with Gasteiger partial charge in [-0.15, -0.1) is 11.3 Å². The first kappa shape index (κ1) is 11.6. The topological polar surface area (TPSA) is 50.9 Å². The first-order valence-electron chi connectivity index (χ1n) is 4.95. The molecule has 1 aromatic carbocycles. The Balaban J connectivity index is 2.11. The Bertz CT molecular complexity index is 470. The lowest BCUT2D eigenvalue weighted by atomic mass is 10.3. The second-order valence-electron chi connectivity index (χ2n) is 3.29. The minimum absolute atomic E-state index is 0.637. The number of aromatic nitrogens is 1. The van der Waals surface area contributed by atoms with Crippen LogP contribution in [0.15, 0.2) is 34.1 Å². The number of hydrogen-bond donors (Lipinski definition) is 2. The van der Waals surface area contributed by atoms with E-state index in [1.165, 1.54) is 0 Å². The molecule has 0 atom stereocenters. The van der Waals surface area contributed by atoms with Crippen LogP contribution in [0.4, 0.5) is 10.8 Å². The van der Waals surface area contributed by atoms with Crippen molar-refractivity contribution < 1.29 is 0 Å². The number of benzene rings is 1. The third-order valence-corrected chi connectivity index (χ3v) is 3.57. The molecule has 2 rings (SSSR count). The molecule has 0 radical (unpaired) electrons. The number of nitrogens with one attached hydrogen (secondary N) is 1. The summed E-state index contributed by atoms with van der Waals surface area (Å²) in [6.45, 7) is 0.637. The van der Waals surface area contributed by atoms with Crippen LogP contribution in [0.5, 0.6) is 0 Å². The van der Waals surface area contributed by atoms with Crippen LogP contribution in [0.1, 0.15) is 5.69 Å². The van der Waals surface area contributed by atoms with Crippen molar-refractivity contribution in [3.8, 4) is 0 Å². The normalized spacial score (nSPS) is 10.4. The lowest BCUT2D eigenvalue weighted by Gasteiger charge is -2.04. The second kappa shape index (κ2) is 5.43. The summed E-state index contributed by atoms with van der Waals surface area (Å²) in [5.41, 5.74) is 7.55. The molecular formula is C11H12BrN3S. The van der Waals surface area contributed by atoms with Crippen molar-refractivity contribution in [3.63, 3.8) is 0 Å². The van der Waals surface area contributed by atoms with E-state index < -0.39 is 0 Å². The van der Waals surface area contributed by atoms with Crippen LogP contribution in [-0.4, -0.2) is 11.5 Å². The van der Waals surface area contributed by atoms with Crippen LogP contribution < -0.4 is 11.1 Å². The molecule has 1 heterocycles. The predicted molar refractivity (Wildman–Crippen MR) is 72.3 cm³/mol. The first-order chi connectivity index (χ1) is 7.79. The van der Waals surface area contributed by atoms with Gasteiger partial charge in [0.05, 0.1) is 11.4 Å². The minimum Gasteiger partial charge on any atom is -0.331 e. The Hall–Kier alpha value is -0.910. The van der Waals surface area contributed by atoms with E-state index in [2.05, 4.69) is 26.2 Å². The fourth-order valence-electron chi connectivity index (χ4n) is 1.30. The lowest BCUT2D eigenvalue weighted by molar-refractivity contribution is 0.936. The summed E-state index contributed by atoms with van der Waals surface area (Å²) in [6, 6.07) is 7.98. The van der Waals surface area contributed by atoms with Crippen LogP contribution in [0, 0.1) is 0 Å². The van der Waals surface area contributed by atoms with Gasteiger partial charge >= 0.3 is 0 Å². The number of rotatable bonds is 4. The fourth-order valence-corrected chi connectivity index (χ4v) is 2.45. The molecule has 0 aliphatic carbocycles. The molecule has 0 unspecified atom stereocenters. The van der Waals surface area contributed by atoms with Gasteiger partial charge in [-0.1, -0.05) is 12.1 Å². The van der Waals surface area contributed by atoms with E-state index in [1.54, 1.807) is 11.3 Å². The first-order valence-corrected chi connectivity index (χ1v) is 6.63. The summed E-state index contributed by atoms with van der Waals surface area (Å²) in [4.78, 5) is 4.44. The van der Waals surface area contributed by atoms with E-state index in [-0.39, 0.29) is 0 Å². The fraction of sp³-hybridized carbons (Fsp3) is 0.182. The number of hydrogen-bond acceptors (Lipinski definition) is 4. The van der Waals surface area contributed by atoms with Crippen LogP contribution in [0.25, 0.3) is 0 Å². The molecule has 2 aromatic rings. The number of nitrogens with zero attached hydrogens (tertiary/aromatic N) is 1. The molecule has 0 aliphatic heterocycles. The Morgan fingerprint density at radius 1 is 1.38 bits per heavy atom. The molecule has 3 N–H and O–H groups in total. The van der Waals surface area contributed by atoms with Crippen molar-refractivity contribution >= 4 is 38.1 Å². The van der Waals surface area contributed by atoms with Gasteiger partial charge in [0.15, 0.2) is 5.13 Å². The molecule has 0 spiro atoms. The number of para-hydroxylation sites is 1. The van der Waals surface area contributed by atoms with Crippen LogP contribution in [0.3, 0.4) is 0 Å². The molecular weight excluding hydrogens is 286 g/mol. The zero-order valence-electron chi connectivity index (χ0n) is 8.61. The van der Waals surface area contributed by atoms with E-state index in [9.17, 15) is 0 Å². The number of anilines is 2. The molecule has 0 aliphatic rings. The quantitative estimate of drug-likeness (QED) is 0.911. The summed E-state index contributed by atoms with van der Waals surface area (Å²) in [6.07, 6.45) is 0.828. The molecule has 0 amide bonds. The lowest BCUT2D eigenvalue weighted by Crippen LogP contribution is -2.02. The molecule has 3 nitrogen and oxygen atoms in total. The standard InChI is InChI=1S/C11H12BrN3S/c12-9-3-1-2-4-10(9)15-11-14-8(5-6-13)7-16-11/h1-4,7H,5-6,13H2,(H,14,15). The Labute approximate surface area is 107 Å². The molecule has 0 fully saturated rings. The van der Waals surface area contributed by atoms with Crippen LogP contribution >= 0.6 is 27.3 Å². The van der Waals surface area contributed by atoms with Gasteiger partial charge in [-0.25, -0.2) is 4.98 Å². The van der Waals surface area contributed by atoms with E-state index >= 15 is 0 Å². The van der Waals surface area contributed by atoms with Gasteiger partial charge in [0.2, 0.25) is 0 Å². The number of halogens is 1. The van der Waals surface area contributed by atoms with Gasteiger partial charge in [0.25, 0.3) is 0 Å². The molecule has 1 aromatic heterocycles. The van der Waals surface area contributed by atoms with Crippen molar-refractivity contribution in [2.75, 3.05) is 11.9 Å². The number of thiazole rings is 1. The highest BCUT2D eigenvalue weighted by Crippen LogP contribution is 2.27. The van der Waals surface area contributed by atoms with Crippen LogP contribution in [0.2, 0.25) is 0 Å². The SMILES string of the molecule is NCCc1csc(Nc2ccccc2Br)n1. The molecule has 16 heavy (non-hydrogen) atoms. The van der Waals surface area contributed by atoms with E-state index in [4.69, 9.17) is 5.73 Å². The number of nitrogens with two attached hydrogens (primary N) is 1. The van der Waals surface area contributed by atoms with Gasteiger partial charge in [0.1, 0.15) is 0 Å². The maximum absolute atomic E-state index is 5.48. The van der Waals surface area contributed by atoms with Gasteiger partial charge in [0, 0.05) is 16.3 Å². The summed E-state index contributed by atoms with van der Waals surface area (Å²) >= 11 is 5.08. The second-order valence-corrected chi connectivity index (χ2v) is 5.00. The molecule has 0 bridgehead atoms. The average molecular weight is 298 g/mol. The van der Waals surface area contributed by atoms with E-state index in [0.717, 1.165) is 27.4 Å². The van der Waals surface area contributed by atoms with Crippen molar-refractivity contribution in [1.82, 2.24) is 4.98 Å². The Kier molecular flexibility index (Phi) is 3.93. The maximum atomic E-state index is 5.48. The summed E-state index contributed by atoms with van der Waals surface area (Å²) in [5, 5.41) is 6.20. The minimum atomic E-state index is 0.637. The Morgan fingerprint density at radius 2 is 2.19 bits per heavy atom. The van der Waals surface area contributed by atoms with Gasteiger partial charge in [-0.3, -0.25) is 0 Å². The third-order valence-electron chi connectivity index (χ3n) is 2.07. The highest BCUT2D eigenvalue weighted by molar-refractivity contribution is 9.10. The molecule has 5 heteroatoms. The Morgan fingerprint density at radius 3 is 2.94 bits per heavy atom. The van der Waals surface area contributed by atoms with Crippen molar-refractivity contribution in [1.29, 1.82) is 0 Å². The molecule has 0 saturated carbocycles. The molecule has 0 saturated heterocycles. The van der Waals surface area contributed by atoms with E-state index in [1.807, 2.05) is 29.6 Å². The summed E-state index contributed by atoms with van der Waals surface area (Å²) < 4.78 is 1.03. The van der Waals surface area contributed by atoms with Crippen molar-refractivity contribution in [2.45, 2.75) is 6.42 Å². The van der Waals surface area contributed by atoms with Crippen molar-refractivity contribution in [3.05, 3.63) is 39.8 Å². The smallest absolute Gasteiger partial charge is 0.187 e. The largest absolute Gasteiger partial charge is 0.331 e. The average Bonchev–Trinajstić information content (AvgIpc) is 2.70. The van der Waals surface area contributed by atoms with Gasteiger partial charge in [-0.2, -0.15) is 0 Å². The third kappa shape index (κ3) is 2.81.